The first-order valence-electron chi connectivity index (χ1n) is 12.8. The van der Waals surface area contributed by atoms with Crippen LogP contribution in [0.4, 0.5) is 0 Å². The first kappa shape index (κ1) is 29.2. The summed E-state index contributed by atoms with van der Waals surface area (Å²) in [5, 5.41) is 0. The highest BCUT2D eigenvalue weighted by Crippen LogP contribution is 2.24. The monoisotopic (exact) mass is 616 g/mol. The second-order valence-electron chi connectivity index (χ2n) is 9.35. The lowest BCUT2D eigenvalue weighted by Gasteiger charge is -2.08. The van der Waals surface area contributed by atoms with Crippen LogP contribution in [0.3, 0.4) is 0 Å². The molecule has 0 spiro atoms. The van der Waals surface area contributed by atoms with Crippen LogP contribution in [-0.4, -0.2) is 23.1 Å². The molecule has 0 saturated heterocycles. The highest BCUT2D eigenvalue weighted by Gasteiger charge is 2.11. The van der Waals surface area contributed by atoms with Crippen LogP contribution in [0.15, 0.2) is 152 Å². The summed E-state index contributed by atoms with van der Waals surface area (Å²) >= 11 is 0. The van der Waals surface area contributed by atoms with Gasteiger partial charge in [-0.3, -0.25) is 12.6 Å². The summed E-state index contributed by atoms with van der Waals surface area (Å²) in [6.45, 7) is 0. The van der Waals surface area contributed by atoms with E-state index in [2.05, 4.69) is 0 Å². The molecule has 5 aromatic rings. The van der Waals surface area contributed by atoms with Gasteiger partial charge in [-0.05, 0) is 82.9 Å². The van der Waals surface area contributed by atoms with Crippen LogP contribution in [0.5, 0.6) is 0 Å². The molecule has 41 heavy (non-hydrogen) atoms. The molecule has 0 N–H and O–H groups in total. The minimum atomic E-state index is -1.27. The topological polar surface area (TPSA) is 68.3 Å². The van der Waals surface area contributed by atoms with Crippen molar-refractivity contribution < 1.29 is 16.8 Å². The molecule has 0 saturated carbocycles. The number of rotatable bonds is 10. The molecule has 0 bridgehead atoms. The first-order chi connectivity index (χ1) is 19.9. The third kappa shape index (κ3) is 7.51. The van der Waals surface area contributed by atoms with Crippen LogP contribution in [-0.2, 0) is 54.7 Å². The summed E-state index contributed by atoms with van der Waals surface area (Å²) in [7, 11) is -4.71. The number of hydrogen-bond acceptors (Lipinski definition) is 4. The van der Waals surface area contributed by atoms with Gasteiger partial charge in [0.15, 0.2) is 0 Å². The Bertz CT molecular complexity index is 1710. The van der Waals surface area contributed by atoms with Gasteiger partial charge < -0.3 is 0 Å². The zero-order chi connectivity index (χ0) is 28.8. The minimum Gasteiger partial charge on any atom is -0.255 e. The Morgan fingerprint density at radius 1 is 0.415 bits per heavy atom. The molecule has 0 aliphatic rings. The van der Waals surface area contributed by atoms with Gasteiger partial charge in [-0.25, -0.2) is 4.21 Å². The van der Waals surface area contributed by atoms with Gasteiger partial charge in [0.25, 0.3) is 0 Å². The van der Waals surface area contributed by atoms with E-state index in [-0.39, 0.29) is 0 Å². The van der Waals surface area contributed by atoms with E-state index in [9.17, 15) is 16.8 Å². The van der Waals surface area contributed by atoms with Crippen LogP contribution in [0, 0.1) is 0 Å². The zero-order valence-electron chi connectivity index (χ0n) is 22.3. The van der Waals surface area contributed by atoms with Crippen molar-refractivity contribution in [1.29, 1.82) is 0 Å². The first-order valence-corrected chi connectivity index (χ1v) is 18.2. The van der Waals surface area contributed by atoms with Crippen molar-refractivity contribution in [3.8, 4) is 11.1 Å². The van der Waals surface area contributed by atoms with E-state index < -0.39 is 43.2 Å². The fraction of sp³-hybridized carbons (Fsp3) is 0.0909. The predicted octanol–water partition coefficient (Wildman–Crippen LogP) is 6.87. The molecular formula is C33H28O4S4. The van der Waals surface area contributed by atoms with E-state index in [0.29, 0.717) is 21.3 Å². The van der Waals surface area contributed by atoms with Crippen LogP contribution in [0.1, 0.15) is 11.1 Å². The molecule has 4 nitrogen and oxygen atoms in total. The van der Waals surface area contributed by atoms with Crippen molar-refractivity contribution in [2.45, 2.75) is 36.0 Å². The molecule has 0 fully saturated rings. The van der Waals surface area contributed by atoms with Gasteiger partial charge in [-0.15, -0.1) is 0 Å². The molecule has 208 valence electrons. The van der Waals surface area contributed by atoms with E-state index in [1.807, 2.05) is 103 Å². The Morgan fingerprint density at radius 2 is 0.780 bits per heavy atom. The normalized spacial score (nSPS) is 14.2. The average Bonchev–Trinajstić information content (AvgIpc) is 3.02. The van der Waals surface area contributed by atoms with Gasteiger partial charge in [-0.2, -0.15) is 0 Å². The number of benzene rings is 5. The Balaban J connectivity index is 1.18. The lowest BCUT2D eigenvalue weighted by atomic mass is 10.0. The Kier molecular flexibility index (Phi) is 9.67. The summed E-state index contributed by atoms with van der Waals surface area (Å²) in [6, 6.07) is 39.5. The van der Waals surface area contributed by atoms with E-state index in [1.165, 1.54) is 0 Å². The van der Waals surface area contributed by atoms with E-state index in [1.54, 1.807) is 30.5 Å². The van der Waals surface area contributed by atoms with E-state index in [0.717, 1.165) is 36.9 Å². The van der Waals surface area contributed by atoms with Gasteiger partial charge in [0.1, 0.15) is 0 Å². The molecule has 0 radical (unpaired) electrons. The Morgan fingerprint density at radius 3 is 1.27 bits per heavy atom. The molecule has 5 rings (SSSR count). The standard InChI is InChI=1S/C33H28O4S4/c1-38(34)29-15-9-26(10-16-29)24-39(35)30-17-13-28(14-18-30)27-11-7-25(8-12-27)23-40(36)31-19-21-33(22-20-31)41(37)32-5-3-2-4-6-32/h2-22H,23-24H2,1H3. The summed E-state index contributed by atoms with van der Waals surface area (Å²) in [4.78, 5) is 3.63. The van der Waals surface area contributed by atoms with Crippen molar-refractivity contribution in [1.82, 2.24) is 0 Å². The predicted molar refractivity (Wildman–Crippen MR) is 168 cm³/mol. The van der Waals surface area contributed by atoms with Gasteiger partial charge in [-0.1, -0.05) is 66.7 Å². The molecular weight excluding hydrogens is 589 g/mol. The van der Waals surface area contributed by atoms with Crippen LogP contribution < -0.4 is 0 Å². The van der Waals surface area contributed by atoms with Crippen molar-refractivity contribution in [3.05, 3.63) is 139 Å². The van der Waals surface area contributed by atoms with Crippen LogP contribution in [0.25, 0.3) is 11.1 Å². The minimum absolute atomic E-state index is 0.383. The third-order valence-corrected chi connectivity index (χ3v) is 11.6. The zero-order valence-corrected chi connectivity index (χ0v) is 25.6. The molecule has 0 aliphatic carbocycles. The van der Waals surface area contributed by atoms with Gasteiger partial charge in [0.05, 0.1) is 43.9 Å². The highest BCUT2D eigenvalue weighted by molar-refractivity contribution is 7.85. The third-order valence-electron chi connectivity index (χ3n) is 6.51. The average molecular weight is 617 g/mol. The lowest BCUT2D eigenvalue weighted by Crippen LogP contribution is -1.98. The quantitative estimate of drug-likeness (QED) is 0.172. The maximum absolute atomic E-state index is 13.0. The van der Waals surface area contributed by atoms with Crippen LogP contribution >= 0.6 is 0 Å². The summed E-state index contributed by atoms with van der Waals surface area (Å²) < 4.78 is 50.2. The van der Waals surface area contributed by atoms with Crippen molar-refractivity contribution in [2.24, 2.45) is 0 Å². The number of hydrogen-bond donors (Lipinski definition) is 0. The summed E-state index contributed by atoms with van der Waals surface area (Å²) in [6.07, 6.45) is 1.64. The van der Waals surface area contributed by atoms with Crippen molar-refractivity contribution >= 4 is 43.2 Å². The lowest BCUT2D eigenvalue weighted by molar-refractivity contribution is 0.680. The molecule has 5 aromatic carbocycles. The fourth-order valence-electron chi connectivity index (χ4n) is 4.23. The van der Waals surface area contributed by atoms with E-state index in [4.69, 9.17) is 0 Å². The molecule has 0 heterocycles. The Hall–Kier alpha value is -3.30. The Labute approximate surface area is 250 Å². The molecule has 4 unspecified atom stereocenters. The smallest absolute Gasteiger partial charge is 0.0849 e. The molecule has 0 amide bonds. The molecule has 4 atom stereocenters. The molecule has 0 aliphatic heterocycles. The van der Waals surface area contributed by atoms with Gasteiger partial charge in [0, 0.05) is 41.5 Å². The largest absolute Gasteiger partial charge is 0.255 e. The second-order valence-corrected chi connectivity index (χ2v) is 15.1. The molecule has 0 aromatic heterocycles. The highest BCUT2D eigenvalue weighted by atomic mass is 32.2. The fourth-order valence-corrected chi connectivity index (χ4v) is 8.02. The molecule has 8 heteroatoms. The van der Waals surface area contributed by atoms with Crippen molar-refractivity contribution in [3.63, 3.8) is 0 Å². The van der Waals surface area contributed by atoms with Gasteiger partial charge in [0.2, 0.25) is 0 Å². The summed E-state index contributed by atoms with van der Waals surface area (Å²) in [5.41, 5.74) is 3.93. The van der Waals surface area contributed by atoms with Gasteiger partial charge >= 0.3 is 0 Å². The summed E-state index contributed by atoms with van der Waals surface area (Å²) in [5.74, 6) is 0.782. The van der Waals surface area contributed by atoms with Crippen molar-refractivity contribution in [2.75, 3.05) is 6.26 Å². The van der Waals surface area contributed by atoms with Crippen LogP contribution in [0.2, 0.25) is 0 Å². The maximum Gasteiger partial charge on any atom is 0.0849 e. The second kappa shape index (κ2) is 13.6. The SMILES string of the molecule is CS(=O)c1ccc(CS(=O)c2ccc(-c3ccc(CS(=O)c4ccc(S(=O)c5ccccc5)cc4)cc3)cc2)cc1. The maximum atomic E-state index is 13.0. The van der Waals surface area contributed by atoms with E-state index >= 15 is 0 Å².